The van der Waals surface area contributed by atoms with Crippen molar-refractivity contribution in [2.75, 3.05) is 7.11 Å². The molecule has 0 aliphatic carbocycles. The van der Waals surface area contributed by atoms with Gasteiger partial charge in [-0.05, 0) is 18.2 Å². The van der Waals surface area contributed by atoms with Crippen LogP contribution in [0, 0.1) is 0 Å². The van der Waals surface area contributed by atoms with Crippen LogP contribution in [-0.4, -0.2) is 22.4 Å². The van der Waals surface area contributed by atoms with Gasteiger partial charge in [-0.3, -0.25) is 0 Å². The first-order chi connectivity index (χ1) is 7.31. The van der Waals surface area contributed by atoms with Gasteiger partial charge in [0.05, 0.1) is 19.1 Å². The van der Waals surface area contributed by atoms with Crippen LogP contribution >= 0.6 is 0 Å². The Hall–Kier alpha value is -1.88. The van der Waals surface area contributed by atoms with E-state index in [1.165, 1.54) is 13.4 Å². The van der Waals surface area contributed by atoms with E-state index in [1.807, 2.05) is 0 Å². The van der Waals surface area contributed by atoms with Gasteiger partial charge in [0.25, 0.3) is 0 Å². The summed E-state index contributed by atoms with van der Waals surface area (Å²) in [7, 11) is 1.51. The highest BCUT2D eigenvalue weighted by Gasteiger charge is 2.14. The second-order valence-corrected chi connectivity index (χ2v) is 2.92. The zero-order chi connectivity index (χ0) is 10.7. The minimum absolute atomic E-state index is 0.408. The van der Waals surface area contributed by atoms with Gasteiger partial charge in [0.1, 0.15) is 5.76 Å². The minimum atomic E-state index is -0.890. The summed E-state index contributed by atoms with van der Waals surface area (Å²) >= 11 is 0. The second kappa shape index (κ2) is 4.10. The highest BCUT2D eigenvalue weighted by atomic mass is 16.5. The number of hydrogen-bond acceptors (Lipinski definition) is 5. The Kier molecular flexibility index (Phi) is 2.64. The van der Waals surface area contributed by atoms with Crippen LogP contribution in [0.3, 0.4) is 0 Å². The molecule has 1 unspecified atom stereocenters. The van der Waals surface area contributed by atoms with E-state index in [2.05, 4.69) is 10.2 Å². The molecule has 0 fully saturated rings. The monoisotopic (exact) mass is 206 g/mol. The number of ether oxygens (including phenoxy) is 1. The Morgan fingerprint density at radius 1 is 1.33 bits per heavy atom. The Morgan fingerprint density at radius 2 is 2.20 bits per heavy atom. The smallest absolute Gasteiger partial charge is 0.233 e. The molecule has 2 heterocycles. The molecule has 0 aliphatic heterocycles. The lowest BCUT2D eigenvalue weighted by Gasteiger charge is -2.06. The normalized spacial score (nSPS) is 12.4. The zero-order valence-corrected chi connectivity index (χ0v) is 8.12. The molecule has 15 heavy (non-hydrogen) atoms. The van der Waals surface area contributed by atoms with Crippen molar-refractivity contribution in [2.24, 2.45) is 0 Å². The van der Waals surface area contributed by atoms with E-state index >= 15 is 0 Å². The van der Waals surface area contributed by atoms with Crippen LogP contribution in [0.4, 0.5) is 0 Å². The van der Waals surface area contributed by atoms with E-state index in [0.717, 1.165) is 0 Å². The van der Waals surface area contributed by atoms with Crippen molar-refractivity contribution in [3.8, 4) is 5.88 Å². The van der Waals surface area contributed by atoms with Crippen molar-refractivity contribution in [2.45, 2.75) is 6.10 Å². The summed E-state index contributed by atoms with van der Waals surface area (Å²) in [5.74, 6) is 0.847. The van der Waals surface area contributed by atoms with Crippen molar-refractivity contribution >= 4 is 0 Å². The van der Waals surface area contributed by atoms with E-state index in [1.54, 1.807) is 24.3 Å². The van der Waals surface area contributed by atoms with Gasteiger partial charge in [-0.2, -0.15) is 0 Å². The summed E-state index contributed by atoms with van der Waals surface area (Å²) in [5.41, 5.74) is 0.422. The van der Waals surface area contributed by atoms with Crippen molar-refractivity contribution < 1.29 is 14.3 Å². The molecule has 0 amide bonds. The number of methoxy groups -OCH3 is 1. The minimum Gasteiger partial charge on any atom is -0.480 e. The second-order valence-electron chi connectivity index (χ2n) is 2.92. The van der Waals surface area contributed by atoms with Crippen molar-refractivity contribution in [1.82, 2.24) is 10.2 Å². The number of nitrogens with zero attached hydrogens (tertiary/aromatic N) is 2. The number of hydrogen-bond donors (Lipinski definition) is 1. The van der Waals surface area contributed by atoms with Gasteiger partial charge in [-0.15, -0.1) is 10.2 Å². The van der Waals surface area contributed by atoms with Gasteiger partial charge in [0.15, 0.2) is 6.10 Å². The molecule has 0 aromatic carbocycles. The SMILES string of the molecule is COc1ccc(C(O)c2ccco2)nn1. The molecule has 2 rings (SSSR count). The molecule has 0 radical (unpaired) electrons. The Morgan fingerprint density at radius 3 is 2.73 bits per heavy atom. The molecular formula is C10H10N2O3. The number of aliphatic hydroxyl groups is 1. The first kappa shape index (κ1) is 9.67. The molecule has 0 saturated carbocycles. The van der Waals surface area contributed by atoms with E-state index in [0.29, 0.717) is 17.3 Å². The summed E-state index contributed by atoms with van der Waals surface area (Å²) in [6.45, 7) is 0. The Bertz CT molecular complexity index is 411. The van der Waals surface area contributed by atoms with Gasteiger partial charge in [-0.1, -0.05) is 0 Å². The summed E-state index contributed by atoms with van der Waals surface area (Å²) in [6, 6.07) is 6.65. The van der Waals surface area contributed by atoms with E-state index in [9.17, 15) is 5.11 Å². The summed E-state index contributed by atoms with van der Waals surface area (Å²) < 4.78 is 9.92. The molecule has 0 aliphatic rings. The lowest BCUT2D eigenvalue weighted by Crippen LogP contribution is -2.03. The first-order valence-electron chi connectivity index (χ1n) is 4.40. The Balaban J connectivity index is 2.22. The van der Waals surface area contributed by atoms with Crippen LogP contribution in [0.25, 0.3) is 0 Å². The van der Waals surface area contributed by atoms with E-state index in [4.69, 9.17) is 9.15 Å². The first-order valence-corrected chi connectivity index (χ1v) is 4.40. The fourth-order valence-electron chi connectivity index (χ4n) is 1.18. The van der Waals surface area contributed by atoms with Gasteiger partial charge in [-0.25, -0.2) is 0 Å². The molecule has 0 spiro atoms. The van der Waals surface area contributed by atoms with E-state index in [-0.39, 0.29) is 0 Å². The van der Waals surface area contributed by atoms with Crippen molar-refractivity contribution in [1.29, 1.82) is 0 Å². The summed E-state index contributed by atoms with van der Waals surface area (Å²) in [4.78, 5) is 0. The third kappa shape index (κ3) is 1.97. The average molecular weight is 206 g/mol. The maximum Gasteiger partial charge on any atom is 0.233 e. The predicted octanol–water partition coefficient (Wildman–Crippen LogP) is 1.16. The van der Waals surface area contributed by atoms with Crippen LogP contribution in [0.2, 0.25) is 0 Å². The Labute approximate surface area is 86.3 Å². The topological polar surface area (TPSA) is 68.4 Å². The highest BCUT2D eigenvalue weighted by molar-refractivity contribution is 5.19. The number of rotatable bonds is 3. The number of aromatic nitrogens is 2. The molecule has 1 N–H and O–H groups in total. The standard InChI is InChI=1S/C10H10N2O3/c1-14-9-5-4-7(11-12-9)10(13)8-3-2-6-15-8/h2-6,10,13H,1H3. The summed E-state index contributed by atoms with van der Waals surface area (Å²) in [6.07, 6.45) is 0.605. The molecule has 0 saturated heterocycles. The van der Waals surface area contributed by atoms with Gasteiger partial charge in [0.2, 0.25) is 5.88 Å². The van der Waals surface area contributed by atoms with E-state index < -0.39 is 6.10 Å². The molecule has 0 bridgehead atoms. The third-order valence-corrected chi connectivity index (χ3v) is 1.96. The van der Waals surface area contributed by atoms with Crippen LogP contribution in [0.5, 0.6) is 5.88 Å². The summed E-state index contributed by atoms with van der Waals surface area (Å²) in [5, 5.41) is 17.4. The average Bonchev–Trinajstić information content (AvgIpc) is 2.82. The fraction of sp³-hybridized carbons (Fsp3) is 0.200. The number of furan rings is 1. The lowest BCUT2D eigenvalue weighted by atomic mass is 10.2. The van der Waals surface area contributed by atoms with Crippen LogP contribution < -0.4 is 4.74 Å². The largest absolute Gasteiger partial charge is 0.480 e. The molecular weight excluding hydrogens is 196 g/mol. The van der Waals surface area contributed by atoms with Gasteiger partial charge in [0, 0.05) is 6.07 Å². The van der Waals surface area contributed by atoms with Crippen LogP contribution in [0.15, 0.2) is 34.9 Å². The molecule has 78 valence electrons. The maximum absolute atomic E-state index is 9.81. The lowest BCUT2D eigenvalue weighted by molar-refractivity contribution is 0.183. The third-order valence-electron chi connectivity index (χ3n) is 1.96. The van der Waals surface area contributed by atoms with Crippen molar-refractivity contribution in [3.05, 3.63) is 42.0 Å². The molecule has 2 aromatic heterocycles. The predicted molar refractivity (Wildman–Crippen MR) is 51.4 cm³/mol. The number of aliphatic hydroxyl groups excluding tert-OH is 1. The zero-order valence-electron chi connectivity index (χ0n) is 8.12. The molecule has 1 atom stereocenters. The van der Waals surface area contributed by atoms with Crippen LogP contribution in [0.1, 0.15) is 17.6 Å². The highest BCUT2D eigenvalue weighted by Crippen LogP contribution is 2.20. The quantitative estimate of drug-likeness (QED) is 0.816. The van der Waals surface area contributed by atoms with Crippen molar-refractivity contribution in [3.63, 3.8) is 0 Å². The van der Waals surface area contributed by atoms with Crippen LogP contribution in [-0.2, 0) is 0 Å². The van der Waals surface area contributed by atoms with Gasteiger partial charge < -0.3 is 14.3 Å². The molecule has 5 heteroatoms. The molecule has 5 nitrogen and oxygen atoms in total. The fourth-order valence-corrected chi connectivity index (χ4v) is 1.18. The molecule has 2 aromatic rings. The van der Waals surface area contributed by atoms with Gasteiger partial charge >= 0.3 is 0 Å². The maximum atomic E-state index is 9.81.